The van der Waals surface area contributed by atoms with Gasteiger partial charge in [0.25, 0.3) is 0 Å². The fourth-order valence-corrected chi connectivity index (χ4v) is 2.38. The van der Waals surface area contributed by atoms with Gasteiger partial charge in [-0.15, -0.1) is 0 Å². The fraction of sp³-hybridized carbons (Fsp3) is 0.778. The third-order valence-electron chi connectivity index (χ3n) is 3.96. The Hall–Kier alpha value is -0.800. The minimum Gasteiger partial charge on any atom is -0.468 e. The molecule has 1 N–H and O–H groups in total. The topological polar surface area (TPSA) is 28.4 Å². The Kier molecular flexibility index (Phi) is 8.70. The zero-order valence-electron chi connectivity index (χ0n) is 14.6. The molecule has 0 aliphatic rings. The molecule has 1 aromatic rings. The number of nitrogens with one attached hydrogen (secondary N) is 1. The van der Waals surface area contributed by atoms with E-state index in [-0.39, 0.29) is 0 Å². The van der Waals surface area contributed by atoms with Crippen molar-refractivity contribution in [1.29, 1.82) is 0 Å². The number of furan rings is 1. The van der Waals surface area contributed by atoms with Gasteiger partial charge in [0.15, 0.2) is 0 Å². The molecular weight excluding hydrogens is 260 g/mol. The van der Waals surface area contributed by atoms with Crippen molar-refractivity contribution < 1.29 is 4.42 Å². The normalized spacial score (nSPS) is 13.3. The van der Waals surface area contributed by atoms with Crippen molar-refractivity contribution in [2.24, 2.45) is 5.92 Å². The van der Waals surface area contributed by atoms with E-state index < -0.39 is 0 Å². The second kappa shape index (κ2) is 10.0. The van der Waals surface area contributed by atoms with Crippen molar-refractivity contribution in [3.63, 3.8) is 0 Å². The van der Waals surface area contributed by atoms with E-state index in [1.807, 2.05) is 6.26 Å². The molecule has 0 spiro atoms. The Morgan fingerprint density at radius 1 is 1.24 bits per heavy atom. The van der Waals surface area contributed by atoms with Gasteiger partial charge in [-0.3, -0.25) is 4.90 Å². The van der Waals surface area contributed by atoms with E-state index in [1.54, 1.807) is 0 Å². The van der Waals surface area contributed by atoms with Crippen LogP contribution < -0.4 is 5.32 Å². The lowest BCUT2D eigenvalue weighted by molar-refractivity contribution is 0.178. The SMILES string of the molecule is CCCCN(Cc1cc(CNCC(C)C)co1)C(C)CC. The molecule has 1 heterocycles. The smallest absolute Gasteiger partial charge is 0.118 e. The largest absolute Gasteiger partial charge is 0.468 e. The highest BCUT2D eigenvalue weighted by atomic mass is 16.3. The maximum Gasteiger partial charge on any atom is 0.118 e. The first-order valence-electron chi connectivity index (χ1n) is 8.57. The first kappa shape index (κ1) is 18.2. The van der Waals surface area contributed by atoms with Gasteiger partial charge in [0.1, 0.15) is 5.76 Å². The van der Waals surface area contributed by atoms with Crippen molar-refractivity contribution in [1.82, 2.24) is 10.2 Å². The van der Waals surface area contributed by atoms with Crippen LogP contribution in [0.25, 0.3) is 0 Å². The Morgan fingerprint density at radius 3 is 2.62 bits per heavy atom. The summed E-state index contributed by atoms with van der Waals surface area (Å²) < 4.78 is 5.75. The van der Waals surface area contributed by atoms with E-state index in [2.05, 4.69) is 50.9 Å². The molecule has 0 saturated carbocycles. The predicted molar refractivity (Wildman–Crippen MR) is 90.3 cm³/mol. The molecule has 3 heteroatoms. The van der Waals surface area contributed by atoms with Crippen LogP contribution in [0.4, 0.5) is 0 Å². The van der Waals surface area contributed by atoms with Gasteiger partial charge in [-0.25, -0.2) is 0 Å². The quantitative estimate of drug-likeness (QED) is 0.654. The number of unbranched alkanes of at least 4 members (excludes halogenated alkanes) is 1. The van der Waals surface area contributed by atoms with Crippen molar-refractivity contribution in [2.45, 2.75) is 73.0 Å². The van der Waals surface area contributed by atoms with Gasteiger partial charge < -0.3 is 9.73 Å². The minimum absolute atomic E-state index is 0.615. The molecule has 122 valence electrons. The Labute approximate surface area is 131 Å². The van der Waals surface area contributed by atoms with Gasteiger partial charge in [0, 0.05) is 18.2 Å². The van der Waals surface area contributed by atoms with Gasteiger partial charge in [0.05, 0.1) is 12.8 Å². The summed E-state index contributed by atoms with van der Waals surface area (Å²) in [5.41, 5.74) is 1.25. The summed E-state index contributed by atoms with van der Waals surface area (Å²) in [6.45, 7) is 15.3. The predicted octanol–water partition coefficient (Wildman–Crippen LogP) is 4.43. The van der Waals surface area contributed by atoms with E-state index >= 15 is 0 Å². The molecule has 0 bridgehead atoms. The van der Waals surface area contributed by atoms with Gasteiger partial charge in [-0.05, 0) is 44.8 Å². The van der Waals surface area contributed by atoms with Gasteiger partial charge in [0.2, 0.25) is 0 Å². The molecule has 0 saturated heterocycles. The second-order valence-electron chi connectivity index (χ2n) is 6.53. The molecular formula is C18H34N2O. The van der Waals surface area contributed by atoms with Crippen LogP contribution in [-0.4, -0.2) is 24.0 Å². The summed E-state index contributed by atoms with van der Waals surface area (Å²) >= 11 is 0. The molecule has 0 amide bonds. The average molecular weight is 294 g/mol. The van der Waals surface area contributed by atoms with Crippen molar-refractivity contribution in [3.05, 3.63) is 23.7 Å². The maximum atomic E-state index is 5.75. The minimum atomic E-state index is 0.615. The van der Waals surface area contributed by atoms with Crippen molar-refractivity contribution >= 4 is 0 Å². The monoisotopic (exact) mass is 294 g/mol. The first-order valence-corrected chi connectivity index (χ1v) is 8.57. The van der Waals surface area contributed by atoms with Crippen LogP contribution in [-0.2, 0) is 13.1 Å². The van der Waals surface area contributed by atoms with Crippen molar-refractivity contribution in [2.75, 3.05) is 13.1 Å². The highest BCUT2D eigenvalue weighted by Gasteiger charge is 2.14. The van der Waals surface area contributed by atoms with Gasteiger partial charge >= 0.3 is 0 Å². The molecule has 0 aliphatic heterocycles. The van der Waals surface area contributed by atoms with Crippen LogP contribution >= 0.6 is 0 Å². The summed E-state index contributed by atoms with van der Waals surface area (Å²) in [4.78, 5) is 2.54. The molecule has 0 radical (unpaired) electrons. The number of hydrogen-bond acceptors (Lipinski definition) is 3. The van der Waals surface area contributed by atoms with Crippen molar-refractivity contribution in [3.8, 4) is 0 Å². The zero-order chi connectivity index (χ0) is 15.7. The fourth-order valence-electron chi connectivity index (χ4n) is 2.38. The molecule has 1 atom stereocenters. The first-order chi connectivity index (χ1) is 10.1. The van der Waals surface area contributed by atoms with Gasteiger partial charge in [-0.1, -0.05) is 34.1 Å². The van der Waals surface area contributed by atoms with E-state index in [0.717, 1.165) is 31.9 Å². The lowest BCUT2D eigenvalue weighted by atomic mass is 10.2. The standard InChI is InChI=1S/C18H34N2O/c1-6-8-9-20(16(5)7-2)13-18-10-17(14-21-18)12-19-11-15(3)4/h10,14-16,19H,6-9,11-13H2,1-5H3. The molecule has 1 rings (SSSR count). The average Bonchev–Trinajstić information content (AvgIpc) is 2.89. The van der Waals surface area contributed by atoms with Crippen LogP contribution in [0.2, 0.25) is 0 Å². The van der Waals surface area contributed by atoms with Crippen LogP contribution in [0.3, 0.4) is 0 Å². The summed E-state index contributed by atoms with van der Waals surface area (Å²) in [5, 5.41) is 3.46. The number of hydrogen-bond donors (Lipinski definition) is 1. The molecule has 0 aromatic carbocycles. The Morgan fingerprint density at radius 2 is 2.00 bits per heavy atom. The third kappa shape index (κ3) is 7.14. The highest BCUT2D eigenvalue weighted by molar-refractivity contribution is 5.12. The zero-order valence-corrected chi connectivity index (χ0v) is 14.6. The van der Waals surface area contributed by atoms with E-state index in [1.165, 1.54) is 24.8 Å². The second-order valence-corrected chi connectivity index (χ2v) is 6.53. The number of rotatable bonds is 11. The summed E-state index contributed by atoms with van der Waals surface area (Å²) in [5.74, 6) is 1.78. The molecule has 21 heavy (non-hydrogen) atoms. The molecule has 3 nitrogen and oxygen atoms in total. The Bertz CT molecular complexity index is 373. The number of nitrogens with zero attached hydrogens (tertiary/aromatic N) is 1. The van der Waals surface area contributed by atoms with E-state index in [9.17, 15) is 0 Å². The molecule has 1 aromatic heterocycles. The summed E-state index contributed by atoms with van der Waals surface area (Å²) in [6.07, 6.45) is 5.59. The van der Waals surface area contributed by atoms with Gasteiger partial charge in [-0.2, -0.15) is 0 Å². The van der Waals surface area contributed by atoms with E-state index in [4.69, 9.17) is 4.42 Å². The molecule has 1 unspecified atom stereocenters. The lowest BCUT2D eigenvalue weighted by Gasteiger charge is -2.27. The lowest BCUT2D eigenvalue weighted by Crippen LogP contribution is -2.32. The molecule has 0 aliphatic carbocycles. The maximum absolute atomic E-state index is 5.75. The summed E-state index contributed by atoms with van der Waals surface area (Å²) in [6, 6.07) is 2.82. The van der Waals surface area contributed by atoms with Crippen LogP contribution in [0, 0.1) is 5.92 Å². The third-order valence-corrected chi connectivity index (χ3v) is 3.96. The summed E-state index contributed by atoms with van der Waals surface area (Å²) in [7, 11) is 0. The molecule has 0 fully saturated rings. The van der Waals surface area contributed by atoms with Crippen LogP contribution in [0.1, 0.15) is 65.2 Å². The van der Waals surface area contributed by atoms with E-state index in [0.29, 0.717) is 12.0 Å². The van der Waals surface area contributed by atoms with Crippen LogP contribution in [0.15, 0.2) is 16.7 Å². The van der Waals surface area contributed by atoms with Crippen LogP contribution in [0.5, 0.6) is 0 Å². The highest BCUT2D eigenvalue weighted by Crippen LogP contribution is 2.15. The Balaban J connectivity index is 2.49.